The number of halogens is 3. The van der Waals surface area contributed by atoms with E-state index in [1.165, 1.54) is 5.01 Å². The lowest BCUT2D eigenvalue weighted by molar-refractivity contribution is 0.139. The fourth-order valence-electron chi connectivity index (χ4n) is 4.98. The number of hydrogen-bond donors (Lipinski definition) is 4. The van der Waals surface area contributed by atoms with Gasteiger partial charge in [0.2, 0.25) is 5.88 Å². The third-order valence-electron chi connectivity index (χ3n) is 7.16. The second-order valence-electron chi connectivity index (χ2n) is 11.5. The molecular formula is C32H34ClF2N7O. The number of nitrogens with zero attached hydrogens (tertiary/aromatic N) is 3. The highest BCUT2D eigenvalue weighted by Gasteiger charge is 2.28. The van der Waals surface area contributed by atoms with E-state index in [-0.39, 0.29) is 5.41 Å². The quantitative estimate of drug-likeness (QED) is 0.152. The molecule has 4 N–H and O–H groups in total. The van der Waals surface area contributed by atoms with Crippen molar-refractivity contribution in [2.45, 2.75) is 32.9 Å². The summed E-state index contributed by atoms with van der Waals surface area (Å²) in [6.07, 6.45) is 10.8. The highest BCUT2D eigenvalue weighted by atomic mass is 35.5. The Morgan fingerprint density at radius 3 is 2.60 bits per heavy atom. The lowest BCUT2D eigenvalue weighted by Gasteiger charge is -2.24. The van der Waals surface area contributed by atoms with Crippen molar-refractivity contribution in [3.8, 4) is 18.2 Å². The lowest BCUT2D eigenvalue weighted by Crippen LogP contribution is -2.45. The molecule has 1 aliphatic heterocycles. The molecule has 0 amide bonds. The largest absolute Gasteiger partial charge is 0.481 e. The first-order valence-corrected chi connectivity index (χ1v) is 14.2. The molecule has 2 aromatic carbocycles. The molecule has 0 unspecified atom stereocenters. The first-order valence-electron chi connectivity index (χ1n) is 13.8. The molecule has 0 spiro atoms. The summed E-state index contributed by atoms with van der Waals surface area (Å²) in [4.78, 5) is 8.89. The Bertz CT molecular complexity index is 1710. The van der Waals surface area contributed by atoms with Crippen LogP contribution in [0.1, 0.15) is 37.9 Å². The predicted octanol–water partition coefficient (Wildman–Crippen LogP) is 6.51. The summed E-state index contributed by atoms with van der Waals surface area (Å²) in [5.74, 6) is 3.21. The molecule has 0 saturated heterocycles. The monoisotopic (exact) mass is 605 g/mol. The van der Waals surface area contributed by atoms with Crippen molar-refractivity contribution in [1.29, 1.82) is 0 Å². The Balaban J connectivity index is 1.65. The average Bonchev–Trinajstić information content (AvgIpc) is 3.48. The topological polar surface area (TPSA) is 86.4 Å². The van der Waals surface area contributed by atoms with E-state index in [0.29, 0.717) is 39.9 Å². The van der Waals surface area contributed by atoms with Gasteiger partial charge in [-0.15, -0.1) is 12.0 Å². The SMILES string of the molecule is C#Cc1cnc2c(Cl)cc(N[C@H](C3=CN(C(CF)CF)NN3)c3cccc4c(OC)nccc34)cc2c1NCC(C)(C)C. The predicted molar refractivity (Wildman–Crippen MR) is 169 cm³/mol. The van der Waals surface area contributed by atoms with Crippen molar-refractivity contribution >= 4 is 44.7 Å². The zero-order valence-corrected chi connectivity index (χ0v) is 25.2. The van der Waals surface area contributed by atoms with Crippen LogP contribution in [0.25, 0.3) is 21.7 Å². The summed E-state index contributed by atoms with van der Waals surface area (Å²) in [5.41, 5.74) is 10.2. The Kier molecular flexibility index (Phi) is 8.76. The molecule has 5 rings (SSSR count). The molecule has 1 atom stereocenters. The van der Waals surface area contributed by atoms with Crippen LogP contribution in [-0.2, 0) is 0 Å². The molecule has 0 fully saturated rings. The van der Waals surface area contributed by atoms with E-state index < -0.39 is 25.4 Å². The molecule has 11 heteroatoms. The maximum absolute atomic E-state index is 13.6. The molecule has 0 radical (unpaired) electrons. The first kappa shape index (κ1) is 30.1. The first-order chi connectivity index (χ1) is 20.7. The molecule has 0 saturated carbocycles. The average molecular weight is 606 g/mol. The van der Waals surface area contributed by atoms with Crippen LogP contribution in [0, 0.1) is 17.8 Å². The van der Waals surface area contributed by atoms with E-state index in [1.807, 2.05) is 30.3 Å². The van der Waals surface area contributed by atoms with Crippen molar-refractivity contribution in [2.24, 2.45) is 5.41 Å². The zero-order valence-electron chi connectivity index (χ0n) is 24.4. The van der Waals surface area contributed by atoms with Crippen LogP contribution in [0.4, 0.5) is 20.2 Å². The number of aromatic nitrogens is 2. The number of hydrogen-bond acceptors (Lipinski definition) is 8. The summed E-state index contributed by atoms with van der Waals surface area (Å²) in [6, 6.07) is 9.97. The highest BCUT2D eigenvalue weighted by molar-refractivity contribution is 6.35. The van der Waals surface area contributed by atoms with Crippen LogP contribution in [-0.4, -0.2) is 48.0 Å². The molecule has 43 heavy (non-hydrogen) atoms. The summed E-state index contributed by atoms with van der Waals surface area (Å²) < 4.78 is 32.7. The lowest BCUT2D eigenvalue weighted by atomic mass is 9.96. The van der Waals surface area contributed by atoms with Gasteiger partial charge < -0.3 is 20.8 Å². The van der Waals surface area contributed by atoms with Crippen LogP contribution in [0.15, 0.2) is 60.7 Å². The minimum Gasteiger partial charge on any atom is -0.481 e. The normalized spacial score (nSPS) is 14.0. The number of pyridine rings is 2. The second kappa shape index (κ2) is 12.5. The van der Waals surface area contributed by atoms with Crippen LogP contribution in [0.2, 0.25) is 5.02 Å². The number of hydrazine groups is 2. The number of nitrogens with one attached hydrogen (secondary N) is 4. The maximum atomic E-state index is 13.6. The molecule has 0 bridgehead atoms. The summed E-state index contributed by atoms with van der Waals surface area (Å²) in [5, 5.41) is 11.4. The van der Waals surface area contributed by atoms with Crippen LogP contribution >= 0.6 is 11.6 Å². The molecule has 4 aromatic rings. The van der Waals surface area contributed by atoms with Crippen molar-refractivity contribution in [2.75, 3.05) is 37.6 Å². The molecule has 224 valence electrons. The van der Waals surface area contributed by atoms with Crippen molar-refractivity contribution < 1.29 is 13.5 Å². The van der Waals surface area contributed by atoms with E-state index in [9.17, 15) is 8.78 Å². The van der Waals surface area contributed by atoms with E-state index in [2.05, 4.69) is 58.3 Å². The van der Waals surface area contributed by atoms with Gasteiger partial charge in [-0.2, -0.15) is 0 Å². The van der Waals surface area contributed by atoms with Crippen LogP contribution in [0.3, 0.4) is 0 Å². The van der Waals surface area contributed by atoms with Gasteiger partial charge in [0.15, 0.2) is 0 Å². The highest BCUT2D eigenvalue weighted by Crippen LogP contribution is 2.38. The molecule has 0 aliphatic carbocycles. The third-order valence-corrected chi connectivity index (χ3v) is 7.45. The van der Waals surface area contributed by atoms with Gasteiger partial charge in [0.25, 0.3) is 0 Å². The second-order valence-corrected chi connectivity index (χ2v) is 11.9. The van der Waals surface area contributed by atoms with E-state index in [4.69, 9.17) is 22.8 Å². The van der Waals surface area contributed by atoms with Gasteiger partial charge in [-0.3, -0.25) is 9.99 Å². The van der Waals surface area contributed by atoms with Crippen molar-refractivity contribution in [3.63, 3.8) is 0 Å². The standard InChI is InChI=1S/C32H34ClF2N7O/c1-6-19-16-37-29-25(28(19)38-18-32(2,3)4)12-20(13-26(29)33)39-30(27-17-42(41-40-27)21(14-34)15-35)23-8-7-9-24-22(23)10-11-36-31(24)43-5/h1,7-13,16-17,21,30,39-41H,14-15,18H2,2-5H3,(H,37,38)/t30-/m0/s1. The minimum absolute atomic E-state index is 0.00688. The fraction of sp³-hybridized carbons (Fsp3) is 0.312. The van der Waals surface area contributed by atoms with Crippen molar-refractivity contribution in [3.05, 3.63) is 76.8 Å². The molecule has 3 heterocycles. The van der Waals surface area contributed by atoms with Crippen LogP contribution in [0.5, 0.6) is 5.88 Å². The Labute approximate surface area is 254 Å². The Morgan fingerprint density at radius 2 is 1.91 bits per heavy atom. The van der Waals surface area contributed by atoms with E-state index >= 15 is 0 Å². The van der Waals surface area contributed by atoms with Gasteiger partial charge in [0, 0.05) is 41.6 Å². The summed E-state index contributed by atoms with van der Waals surface area (Å²) in [7, 11) is 1.57. The Morgan fingerprint density at radius 1 is 1.12 bits per heavy atom. The fourth-order valence-corrected chi connectivity index (χ4v) is 5.25. The van der Waals surface area contributed by atoms with Gasteiger partial charge in [0.05, 0.1) is 40.6 Å². The zero-order chi connectivity index (χ0) is 30.7. The van der Waals surface area contributed by atoms with Gasteiger partial charge in [-0.25, -0.2) is 13.8 Å². The minimum atomic E-state index is -0.984. The molecule has 8 nitrogen and oxygen atoms in total. The van der Waals surface area contributed by atoms with Gasteiger partial charge in [-0.1, -0.05) is 50.4 Å². The number of ether oxygens (including phenoxy) is 1. The van der Waals surface area contributed by atoms with E-state index in [1.54, 1.807) is 31.8 Å². The van der Waals surface area contributed by atoms with Crippen molar-refractivity contribution in [1.82, 2.24) is 25.9 Å². The number of methoxy groups -OCH3 is 1. The number of rotatable bonds is 10. The van der Waals surface area contributed by atoms with Gasteiger partial charge in [-0.05, 0) is 40.6 Å². The van der Waals surface area contributed by atoms with Crippen LogP contribution < -0.4 is 26.3 Å². The Hall–Kier alpha value is -4.33. The maximum Gasteiger partial charge on any atom is 0.221 e. The number of fused-ring (bicyclic) bond motifs is 2. The number of terminal acetylenes is 1. The molecule has 2 aromatic heterocycles. The third kappa shape index (κ3) is 6.24. The van der Waals surface area contributed by atoms with Gasteiger partial charge in [0.1, 0.15) is 19.4 Å². The molecule has 1 aliphatic rings. The summed E-state index contributed by atoms with van der Waals surface area (Å²) >= 11 is 6.80. The number of benzene rings is 2. The smallest absolute Gasteiger partial charge is 0.221 e. The number of anilines is 2. The summed E-state index contributed by atoms with van der Waals surface area (Å²) in [6.45, 7) is 5.35. The van der Waals surface area contributed by atoms with E-state index in [0.717, 1.165) is 27.4 Å². The van der Waals surface area contributed by atoms with Gasteiger partial charge >= 0.3 is 0 Å². The molecular weight excluding hydrogens is 572 g/mol. The number of alkyl halides is 2.